The minimum atomic E-state index is -1.28. The highest BCUT2D eigenvalue weighted by Crippen LogP contribution is 2.51. The second kappa shape index (κ2) is 3.61. The molecule has 0 saturated heterocycles. The third-order valence-corrected chi connectivity index (χ3v) is 3.97. The average Bonchev–Trinajstić information content (AvgIpc) is 2.28. The van der Waals surface area contributed by atoms with E-state index >= 15 is 0 Å². The molecule has 0 spiro atoms. The van der Waals surface area contributed by atoms with Gasteiger partial charge in [-0.2, -0.15) is 10.5 Å². The molecule has 82 valence electrons. The van der Waals surface area contributed by atoms with Crippen LogP contribution in [-0.4, -0.2) is 11.1 Å². The number of hydrogen-bond acceptors (Lipinski definition) is 3. The van der Waals surface area contributed by atoms with Crippen LogP contribution in [0.3, 0.4) is 0 Å². The topological polar surface area (TPSA) is 59.9 Å². The maximum absolute atomic E-state index is 9.29. The highest BCUT2D eigenvalue weighted by molar-refractivity contribution is 6.35. The highest BCUT2D eigenvalue weighted by atomic mass is 35.5. The molecule has 0 fully saturated rings. The zero-order valence-electron chi connectivity index (χ0n) is 9.07. The standard InChI is InChI=1S/C12H12ClN3/c1-11-5-3-2-4-10(11)16-8-12(13,7-15)9(11)6-14/h4,8-9H,2-3,5H2,1H3. The maximum Gasteiger partial charge on any atom is 0.182 e. The Bertz CT molecular complexity index is 454. The Hall–Kier alpha value is -1.32. The van der Waals surface area contributed by atoms with Crippen molar-refractivity contribution < 1.29 is 0 Å². The van der Waals surface area contributed by atoms with Gasteiger partial charge in [0.1, 0.15) is 0 Å². The first-order chi connectivity index (χ1) is 7.57. The van der Waals surface area contributed by atoms with E-state index < -0.39 is 10.8 Å². The fourth-order valence-corrected chi connectivity index (χ4v) is 2.93. The summed E-state index contributed by atoms with van der Waals surface area (Å²) in [7, 11) is 0. The molecular formula is C12H12ClN3. The number of halogens is 1. The molecule has 1 heterocycles. The Morgan fingerprint density at radius 1 is 1.56 bits per heavy atom. The number of allylic oxidation sites excluding steroid dienone is 2. The third-order valence-electron chi connectivity index (χ3n) is 3.57. The Balaban J connectivity index is 2.58. The number of hydrogen-bond donors (Lipinski definition) is 0. The van der Waals surface area contributed by atoms with Crippen molar-refractivity contribution >= 4 is 17.8 Å². The van der Waals surface area contributed by atoms with Crippen LogP contribution in [0.5, 0.6) is 0 Å². The summed E-state index contributed by atoms with van der Waals surface area (Å²) in [5, 5.41) is 18.4. The summed E-state index contributed by atoms with van der Waals surface area (Å²) >= 11 is 6.18. The van der Waals surface area contributed by atoms with Gasteiger partial charge in [-0.05, 0) is 19.3 Å². The van der Waals surface area contributed by atoms with Crippen LogP contribution in [0.15, 0.2) is 16.8 Å². The van der Waals surface area contributed by atoms with Crippen LogP contribution >= 0.6 is 11.6 Å². The van der Waals surface area contributed by atoms with Crippen molar-refractivity contribution in [2.24, 2.45) is 16.3 Å². The minimum absolute atomic E-state index is 0.376. The van der Waals surface area contributed by atoms with Crippen LogP contribution in [0.25, 0.3) is 0 Å². The lowest BCUT2D eigenvalue weighted by Gasteiger charge is -2.43. The SMILES string of the molecule is CC12CCCC=C1N=CC(Cl)(C#N)C2C#N. The molecule has 0 N–H and O–H groups in total. The highest BCUT2D eigenvalue weighted by Gasteiger charge is 2.53. The van der Waals surface area contributed by atoms with Crippen LogP contribution in [0.1, 0.15) is 26.2 Å². The van der Waals surface area contributed by atoms with Gasteiger partial charge in [0.2, 0.25) is 0 Å². The lowest BCUT2D eigenvalue weighted by molar-refractivity contribution is 0.234. The molecule has 2 aliphatic rings. The molecule has 16 heavy (non-hydrogen) atoms. The van der Waals surface area contributed by atoms with E-state index in [0.29, 0.717) is 0 Å². The van der Waals surface area contributed by atoms with Crippen LogP contribution < -0.4 is 0 Å². The second-order valence-corrected chi connectivity index (χ2v) is 5.22. The van der Waals surface area contributed by atoms with E-state index in [4.69, 9.17) is 16.9 Å². The molecule has 0 radical (unpaired) electrons. The van der Waals surface area contributed by atoms with Gasteiger partial charge in [0.15, 0.2) is 4.87 Å². The van der Waals surface area contributed by atoms with Crippen LogP contribution in [0, 0.1) is 34.0 Å². The lowest BCUT2D eigenvalue weighted by Crippen LogP contribution is -2.47. The molecule has 3 unspecified atom stereocenters. The Morgan fingerprint density at radius 2 is 2.31 bits per heavy atom. The molecule has 3 atom stereocenters. The number of rotatable bonds is 0. The molecule has 4 heteroatoms. The minimum Gasteiger partial charge on any atom is -0.262 e. The van der Waals surface area contributed by atoms with Crippen molar-refractivity contribution in [1.82, 2.24) is 0 Å². The molecule has 1 aliphatic heterocycles. The normalized spacial score (nSPS) is 41.5. The van der Waals surface area contributed by atoms with E-state index in [1.165, 1.54) is 6.21 Å². The van der Waals surface area contributed by atoms with Crippen molar-refractivity contribution in [1.29, 1.82) is 10.5 Å². The number of nitriles is 2. The molecule has 0 aromatic rings. The monoisotopic (exact) mass is 233 g/mol. The van der Waals surface area contributed by atoms with Gasteiger partial charge in [-0.15, -0.1) is 0 Å². The van der Waals surface area contributed by atoms with Crippen molar-refractivity contribution in [2.75, 3.05) is 0 Å². The average molecular weight is 234 g/mol. The first-order valence-corrected chi connectivity index (χ1v) is 5.70. The van der Waals surface area contributed by atoms with Gasteiger partial charge in [0.25, 0.3) is 0 Å². The summed E-state index contributed by atoms with van der Waals surface area (Å²) in [6.07, 6.45) is 6.35. The van der Waals surface area contributed by atoms with E-state index in [2.05, 4.69) is 17.1 Å². The number of alkyl halides is 1. The Morgan fingerprint density at radius 3 is 2.94 bits per heavy atom. The smallest absolute Gasteiger partial charge is 0.182 e. The summed E-state index contributed by atoms with van der Waals surface area (Å²) in [6, 6.07) is 4.20. The van der Waals surface area contributed by atoms with E-state index in [1.54, 1.807) is 0 Å². The summed E-state index contributed by atoms with van der Waals surface area (Å²) in [5.41, 5.74) is 0.538. The van der Waals surface area contributed by atoms with Crippen molar-refractivity contribution in [2.45, 2.75) is 31.1 Å². The van der Waals surface area contributed by atoms with Gasteiger partial charge in [-0.1, -0.05) is 24.6 Å². The molecule has 3 nitrogen and oxygen atoms in total. The molecule has 2 rings (SSSR count). The van der Waals surface area contributed by atoms with Gasteiger partial charge in [-0.3, -0.25) is 4.99 Å². The molecular weight excluding hydrogens is 222 g/mol. The Kier molecular flexibility index (Phi) is 2.52. The summed E-state index contributed by atoms with van der Waals surface area (Å²) < 4.78 is 0. The maximum atomic E-state index is 9.29. The molecule has 1 aliphatic carbocycles. The van der Waals surface area contributed by atoms with Crippen LogP contribution in [0.4, 0.5) is 0 Å². The van der Waals surface area contributed by atoms with Gasteiger partial charge < -0.3 is 0 Å². The quantitative estimate of drug-likeness (QED) is 0.604. The molecule has 0 aromatic heterocycles. The zero-order valence-corrected chi connectivity index (χ0v) is 9.83. The van der Waals surface area contributed by atoms with E-state index in [9.17, 15) is 5.26 Å². The van der Waals surface area contributed by atoms with Gasteiger partial charge in [0.05, 0.1) is 18.1 Å². The van der Waals surface area contributed by atoms with E-state index in [0.717, 1.165) is 25.0 Å². The van der Waals surface area contributed by atoms with Crippen LogP contribution in [0.2, 0.25) is 0 Å². The van der Waals surface area contributed by atoms with Gasteiger partial charge in [0, 0.05) is 17.3 Å². The molecule has 0 saturated carbocycles. The van der Waals surface area contributed by atoms with Crippen molar-refractivity contribution in [3.05, 3.63) is 11.8 Å². The largest absolute Gasteiger partial charge is 0.262 e. The predicted octanol–water partition coefficient (Wildman–Crippen LogP) is 2.79. The fourth-order valence-electron chi connectivity index (χ4n) is 2.59. The number of nitrogens with zero attached hydrogens (tertiary/aromatic N) is 3. The zero-order chi connectivity index (χ0) is 11.8. The summed E-state index contributed by atoms with van der Waals surface area (Å²) in [6.45, 7) is 1.98. The summed E-state index contributed by atoms with van der Waals surface area (Å²) in [4.78, 5) is 3.00. The first-order valence-electron chi connectivity index (χ1n) is 5.32. The van der Waals surface area contributed by atoms with Gasteiger partial charge in [-0.25, -0.2) is 0 Å². The lowest BCUT2D eigenvalue weighted by atomic mass is 9.63. The Labute approximate surface area is 100 Å². The first kappa shape index (κ1) is 11.2. The van der Waals surface area contributed by atoms with Crippen LogP contribution in [-0.2, 0) is 0 Å². The van der Waals surface area contributed by atoms with Gasteiger partial charge >= 0.3 is 0 Å². The third kappa shape index (κ3) is 1.36. The fraction of sp³-hybridized carbons (Fsp3) is 0.583. The number of fused-ring (bicyclic) bond motifs is 1. The van der Waals surface area contributed by atoms with Crippen molar-refractivity contribution in [3.8, 4) is 12.1 Å². The van der Waals surface area contributed by atoms with E-state index in [-0.39, 0.29) is 5.41 Å². The summed E-state index contributed by atoms with van der Waals surface area (Å²) in [5.74, 6) is -0.532. The predicted molar refractivity (Wildman–Crippen MR) is 61.8 cm³/mol. The molecule has 0 aromatic carbocycles. The number of aliphatic imine (C=N–C) groups is 1. The molecule has 0 bridgehead atoms. The second-order valence-electron chi connectivity index (χ2n) is 4.60. The molecule has 0 amide bonds. The van der Waals surface area contributed by atoms with E-state index in [1.807, 2.05) is 13.0 Å². The van der Waals surface area contributed by atoms with Crippen molar-refractivity contribution in [3.63, 3.8) is 0 Å².